The first-order valence-corrected chi connectivity index (χ1v) is 6.63. The van der Waals surface area contributed by atoms with Crippen molar-refractivity contribution in [3.8, 4) is 0 Å². The second kappa shape index (κ2) is 5.94. The number of halogens is 3. The van der Waals surface area contributed by atoms with Crippen LogP contribution in [0.15, 0.2) is 42.5 Å². The van der Waals surface area contributed by atoms with E-state index in [2.05, 4.69) is 5.32 Å². The summed E-state index contributed by atoms with van der Waals surface area (Å²) >= 11 is 18.4. The fourth-order valence-electron chi connectivity index (χ4n) is 1.92. The third-order valence-corrected chi connectivity index (χ3v) is 3.69. The van der Waals surface area contributed by atoms with E-state index in [0.717, 1.165) is 11.1 Å². The maximum absolute atomic E-state index is 6.24. The van der Waals surface area contributed by atoms with Gasteiger partial charge in [0.1, 0.15) is 0 Å². The molecule has 0 saturated heterocycles. The normalized spacial score (nSPS) is 12.4. The van der Waals surface area contributed by atoms with Crippen molar-refractivity contribution in [2.45, 2.75) is 6.04 Å². The highest BCUT2D eigenvalue weighted by atomic mass is 35.5. The lowest BCUT2D eigenvalue weighted by Crippen LogP contribution is -2.18. The first-order valence-electron chi connectivity index (χ1n) is 5.50. The molecule has 1 N–H and O–H groups in total. The molecule has 0 bridgehead atoms. The van der Waals surface area contributed by atoms with Crippen LogP contribution >= 0.6 is 34.8 Å². The van der Waals surface area contributed by atoms with E-state index in [9.17, 15) is 0 Å². The molecule has 0 aliphatic heterocycles. The lowest BCUT2D eigenvalue weighted by Gasteiger charge is -2.19. The molecule has 0 aliphatic carbocycles. The van der Waals surface area contributed by atoms with Crippen LogP contribution in [0.3, 0.4) is 0 Å². The van der Waals surface area contributed by atoms with Crippen molar-refractivity contribution in [2.24, 2.45) is 0 Å². The van der Waals surface area contributed by atoms with Gasteiger partial charge in [0, 0.05) is 15.1 Å². The number of hydrogen-bond donors (Lipinski definition) is 1. The molecule has 0 saturated carbocycles. The average Bonchev–Trinajstić information content (AvgIpc) is 2.34. The van der Waals surface area contributed by atoms with Crippen LogP contribution < -0.4 is 5.32 Å². The van der Waals surface area contributed by atoms with Gasteiger partial charge in [0.2, 0.25) is 0 Å². The largest absolute Gasteiger partial charge is 0.309 e. The molecule has 1 nitrogen and oxygen atoms in total. The van der Waals surface area contributed by atoms with Crippen LogP contribution in [0.25, 0.3) is 0 Å². The Labute approximate surface area is 122 Å². The predicted octanol–water partition coefficient (Wildman–Crippen LogP) is 4.96. The summed E-state index contributed by atoms with van der Waals surface area (Å²) in [6.07, 6.45) is 0. The summed E-state index contributed by atoms with van der Waals surface area (Å²) in [5, 5.41) is 5.18. The molecule has 2 rings (SSSR count). The molecule has 0 aliphatic rings. The molecular weight excluding hydrogens is 289 g/mol. The third-order valence-electron chi connectivity index (χ3n) is 2.78. The monoisotopic (exact) mass is 299 g/mol. The van der Waals surface area contributed by atoms with Crippen molar-refractivity contribution >= 4 is 34.8 Å². The highest BCUT2D eigenvalue weighted by molar-refractivity contribution is 6.35. The van der Waals surface area contributed by atoms with Gasteiger partial charge in [-0.1, -0.05) is 59.1 Å². The Kier molecular flexibility index (Phi) is 4.52. The van der Waals surface area contributed by atoms with Gasteiger partial charge in [-0.05, 0) is 36.4 Å². The minimum atomic E-state index is -0.0523. The van der Waals surface area contributed by atoms with E-state index >= 15 is 0 Å². The Morgan fingerprint density at radius 1 is 0.889 bits per heavy atom. The topological polar surface area (TPSA) is 12.0 Å². The molecular formula is C14H12Cl3N. The Balaban J connectivity index is 2.49. The molecule has 18 heavy (non-hydrogen) atoms. The summed E-state index contributed by atoms with van der Waals surface area (Å²) < 4.78 is 0. The van der Waals surface area contributed by atoms with Crippen LogP contribution in [0.1, 0.15) is 17.2 Å². The van der Waals surface area contributed by atoms with E-state index in [1.807, 2.05) is 43.4 Å². The van der Waals surface area contributed by atoms with Crippen LogP contribution in [-0.4, -0.2) is 7.05 Å². The standard InChI is InChI=1S/C14H12Cl3N/c1-18-14(10-4-2-3-5-12(10)16)11-7-6-9(15)8-13(11)17/h2-8,14,18H,1H3. The maximum atomic E-state index is 6.24. The summed E-state index contributed by atoms with van der Waals surface area (Å²) in [6, 6.07) is 13.1. The van der Waals surface area contributed by atoms with Gasteiger partial charge in [0.25, 0.3) is 0 Å². The molecule has 4 heteroatoms. The van der Waals surface area contributed by atoms with Crippen molar-refractivity contribution in [3.05, 3.63) is 68.7 Å². The van der Waals surface area contributed by atoms with Gasteiger partial charge in [0.15, 0.2) is 0 Å². The second-order valence-electron chi connectivity index (χ2n) is 3.91. The van der Waals surface area contributed by atoms with Crippen LogP contribution in [0.4, 0.5) is 0 Å². The van der Waals surface area contributed by atoms with E-state index in [1.165, 1.54) is 0 Å². The quantitative estimate of drug-likeness (QED) is 0.845. The van der Waals surface area contributed by atoms with Crippen molar-refractivity contribution in [2.75, 3.05) is 7.05 Å². The van der Waals surface area contributed by atoms with Gasteiger partial charge in [0.05, 0.1) is 6.04 Å². The van der Waals surface area contributed by atoms with E-state index < -0.39 is 0 Å². The van der Waals surface area contributed by atoms with Gasteiger partial charge >= 0.3 is 0 Å². The molecule has 0 spiro atoms. The van der Waals surface area contributed by atoms with E-state index in [4.69, 9.17) is 34.8 Å². The van der Waals surface area contributed by atoms with Crippen molar-refractivity contribution in [1.82, 2.24) is 5.32 Å². The van der Waals surface area contributed by atoms with Crippen LogP contribution in [-0.2, 0) is 0 Å². The van der Waals surface area contributed by atoms with Crippen LogP contribution in [0, 0.1) is 0 Å². The maximum Gasteiger partial charge on any atom is 0.0603 e. The second-order valence-corrected chi connectivity index (χ2v) is 5.16. The lowest BCUT2D eigenvalue weighted by molar-refractivity contribution is 0.692. The Bertz CT molecular complexity index is 554. The average molecular weight is 301 g/mol. The summed E-state index contributed by atoms with van der Waals surface area (Å²) in [5.74, 6) is 0. The smallest absolute Gasteiger partial charge is 0.0603 e. The number of rotatable bonds is 3. The minimum absolute atomic E-state index is 0.0523. The molecule has 1 atom stereocenters. The van der Waals surface area contributed by atoms with Gasteiger partial charge in [-0.2, -0.15) is 0 Å². The van der Waals surface area contributed by atoms with E-state index in [0.29, 0.717) is 15.1 Å². The number of nitrogens with one attached hydrogen (secondary N) is 1. The molecule has 0 radical (unpaired) electrons. The first kappa shape index (κ1) is 13.7. The molecule has 1 unspecified atom stereocenters. The summed E-state index contributed by atoms with van der Waals surface area (Å²) in [5.41, 5.74) is 1.95. The molecule has 0 fully saturated rings. The molecule has 2 aromatic carbocycles. The molecule has 94 valence electrons. The number of benzene rings is 2. The van der Waals surface area contributed by atoms with E-state index in [-0.39, 0.29) is 6.04 Å². The summed E-state index contributed by atoms with van der Waals surface area (Å²) in [7, 11) is 1.87. The predicted molar refractivity (Wildman–Crippen MR) is 78.8 cm³/mol. The SMILES string of the molecule is CNC(c1ccccc1Cl)c1ccc(Cl)cc1Cl. The zero-order valence-corrected chi connectivity index (χ0v) is 12.0. The van der Waals surface area contributed by atoms with Crippen molar-refractivity contribution < 1.29 is 0 Å². The number of hydrogen-bond acceptors (Lipinski definition) is 1. The van der Waals surface area contributed by atoms with Gasteiger partial charge < -0.3 is 5.32 Å². The summed E-state index contributed by atoms with van der Waals surface area (Å²) in [6.45, 7) is 0. The first-order chi connectivity index (χ1) is 8.63. The van der Waals surface area contributed by atoms with Crippen LogP contribution in [0.5, 0.6) is 0 Å². The van der Waals surface area contributed by atoms with Crippen molar-refractivity contribution in [3.63, 3.8) is 0 Å². The summed E-state index contributed by atoms with van der Waals surface area (Å²) in [4.78, 5) is 0. The van der Waals surface area contributed by atoms with Gasteiger partial charge in [-0.3, -0.25) is 0 Å². The molecule has 0 heterocycles. The highest BCUT2D eigenvalue weighted by Gasteiger charge is 2.17. The van der Waals surface area contributed by atoms with Crippen molar-refractivity contribution in [1.29, 1.82) is 0 Å². The Morgan fingerprint density at radius 3 is 2.17 bits per heavy atom. The lowest BCUT2D eigenvalue weighted by atomic mass is 9.99. The highest BCUT2D eigenvalue weighted by Crippen LogP contribution is 2.33. The molecule has 0 aromatic heterocycles. The fourth-order valence-corrected chi connectivity index (χ4v) is 2.69. The molecule has 0 amide bonds. The Morgan fingerprint density at radius 2 is 1.56 bits per heavy atom. The Hall–Kier alpha value is -0.730. The third kappa shape index (κ3) is 2.81. The molecule has 2 aromatic rings. The zero-order chi connectivity index (χ0) is 13.1. The van der Waals surface area contributed by atoms with Crippen LogP contribution in [0.2, 0.25) is 15.1 Å². The van der Waals surface area contributed by atoms with Gasteiger partial charge in [-0.15, -0.1) is 0 Å². The van der Waals surface area contributed by atoms with Gasteiger partial charge in [-0.25, -0.2) is 0 Å². The zero-order valence-electron chi connectivity index (χ0n) is 9.75. The van der Waals surface area contributed by atoms with E-state index in [1.54, 1.807) is 6.07 Å². The minimum Gasteiger partial charge on any atom is -0.309 e. The fraction of sp³-hybridized carbons (Fsp3) is 0.143.